The monoisotopic (exact) mass is 428 g/mol. The number of rotatable bonds is 8. The molecule has 0 aromatic heterocycles. The Bertz CT molecular complexity index is 919. The number of nitrogens with zero attached hydrogens (tertiary/aromatic N) is 3. The molecule has 14 heteroatoms. The highest BCUT2D eigenvalue weighted by Crippen LogP contribution is 2.41. The Morgan fingerprint density at radius 3 is 2.03 bits per heavy atom. The van der Waals surface area contributed by atoms with Crippen LogP contribution in [0.4, 0.5) is 35.9 Å². The quantitative estimate of drug-likeness (QED) is 0.251. The maximum atomic E-state index is 13.1. The first kappa shape index (κ1) is 22.4. The first-order valence-electron chi connectivity index (χ1n) is 8.17. The van der Waals surface area contributed by atoms with Crippen LogP contribution in [0.15, 0.2) is 42.5 Å². The van der Waals surface area contributed by atoms with Crippen molar-refractivity contribution in [1.82, 2.24) is 5.43 Å². The van der Waals surface area contributed by atoms with E-state index >= 15 is 0 Å². The summed E-state index contributed by atoms with van der Waals surface area (Å²) in [6, 6.07) is 8.27. The number of nitrogens with two attached hydrogens (primary N) is 1. The lowest BCUT2D eigenvalue weighted by atomic mass is 10.1. The molecule has 4 N–H and O–H groups in total. The second-order valence-electron chi connectivity index (χ2n) is 5.82. The number of hydrogen-bond acceptors (Lipinski definition) is 8. The van der Waals surface area contributed by atoms with Gasteiger partial charge >= 0.3 is 17.6 Å². The van der Waals surface area contributed by atoms with E-state index in [-0.39, 0.29) is 25.1 Å². The van der Waals surface area contributed by atoms with Crippen molar-refractivity contribution in [1.29, 1.82) is 0 Å². The maximum Gasteiger partial charge on any atom is 0.416 e. The fourth-order valence-electron chi connectivity index (χ4n) is 2.46. The third-order valence-corrected chi connectivity index (χ3v) is 3.86. The third kappa shape index (κ3) is 5.32. The van der Waals surface area contributed by atoms with Gasteiger partial charge in [0.15, 0.2) is 0 Å². The minimum Gasteiger partial charge on any atom is -0.294 e. The fourth-order valence-corrected chi connectivity index (χ4v) is 2.46. The Labute approximate surface area is 166 Å². The average molecular weight is 428 g/mol. The highest BCUT2D eigenvalue weighted by Gasteiger charge is 2.38. The summed E-state index contributed by atoms with van der Waals surface area (Å²) in [5.74, 6) is 4.41. The summed E-state index contributed by atoms with van der Waals surface area (Å²) in [6.45, 7) is -0.164. The number of amides is 1. The van der Waals surface area contributed by atoms with Gasteiger partial charge in [-0.05, 0) is 12.1 Å². The zero-order valence-corrected chi connectivity index (χ0v) is 15.0. The number of nitro benzene ring substituents is 2. The van der Waals surface area contributed by atoms with Gasteiger partial charge in [-0.15, -0.1) is 0 Å². The molecular weight excluding hydrogens is 413 g/mol. The molecule has 11 nitrogen and oxygen atoms in total. The van der Waals surface area contributed by atoms with E-state index in [0.29, 0.717) is 5.69 Å². The molecule has 160 valence electrons. The highest BCUT2D eigenvalue weighted by atomic mass is 19.4. The number of carbonyl (C=O) groups excluding carboxylic acids is 1. The smallest absolute Gasteiger partial charge is 0.294 e. The predicted molar refractivity (Wildman–Crippen MR) is 99.1 cm³/mol. The molecular formula is C16H15F3N6O5. The number of nitrogens with one attached hydrogen (secondary N) is 2. The number of hydrazine groups is 2. The molecule has 30 heavy (non-hydrogen) atoms. The molecule has 0 aliphatic carbocycles. The molecule has 2 aromatic rings. The van der Waals surface area contributed by atoms with Gasteiger partial charge in [0.1, 0.15) is 0 Å². The number of carbonyl (C=O) groups is 1. The van der Waals surface area contributed by atoms with Gasteiger partial charge in [0.25, 0.3) is 0 Å². The number of anilines is 2. The second kappa shape index (κ2) is 9.04. The summed E-state index contributed by atoms with van der Waals surface area (Å²) in [4.78, 5) is 31.9. The number of halogens is 3. The van der Waals surface area contributed by atoms with E-state index in [2.05, 4.69) is 5.43 Å². The van der Waals surface area contributed by atoms with E-state index in [1.54, 1.807) is 18.2 Å². The molecule has 0 atom stereocenters. The van der Waals surface area contributed by atoms with Gasteiger partial charge in [0.2, 0.25) is 11.6 Å². The summed E-state index contributed by atoms with van der Waals surface area (Å²) in [7, 11) is 0. The normalized spacial score (nSPS) is 10.9. The Kier molecular flexibility index (Phi) is 6.73. The van der Waals surface area contributed by atoms with Crippen LogP contribution in [0.3, 0.4) is 0 Å². The number of nitro groups is 2. The van der Waals surface area contributed by atoms with E-state index in [1.807, 2.05) is 5.43 Å². The van der Waals surface area contributed by atoms with E-state index in [9.17, 15) is 38.2 Å². The van der Waals surface area contributed by atoms with Gasteiger partial charge < -0.3 is 0 Å². The minimum absolute atomic E-state index is 0.164. The van der Waals surface area contributed by atoms with Crippen molar-refractivity contribution in [2.75, 3.05) is 17.0 Å². The molecule has 0 aliphatic heterocycles. The van der Waals surface area contributed by atoms with Crippen LogP contribution in [-0.2, 0) is 11.0 Å². The van der Waals surface area contributed by atoms with Crippen molar-refractivity contribution in [3.63, 3.8) is 0 Å². The van der Waals surface area contributed by atoms with Crippen molar-refractivity contribution in [2.45, 2.75) is 12.6 Å². The Balaban J connectivity index is 2.58. The lowest BCUT2D eigenvalue weighted by Crippen LogP contribution is -2.37. The summed E-state index contributed by atoms with van der Waals surface area (Å²) in [6.07, 6.45) is -5.26. The van der Waals surface area contributed by atoms with Crippen molar-refractivity contribution < 1.29 is 27.8 Å². The number of alkyl halides is 3. The minimum atomic E-state index is -5.04. The second-order valence-corrected chi connectivity index (χ2v) is 5.82. The van der Waals surface area contributed by atoms with Crippen molar-refractivity contribution in [2.24, 2.45) is 5.84 Å². The van der Waals surface area contributed by atoms with Crippen molar-refractivity contribution >= 4 is 28.7 Å². The highest BCUT2D eigenvalue weighted by molar-refractivity contribution is 5.78. The van der Waals surface area contributed by atoms with Gasteiger partial charge in [-0.2, -0.15) is 13.2 Å². The zero-order chi connectivity index (χ0) is 22.5. The molecule has 2 aromatic carbocycles. The van der Waals surface area contributed by atoms with Crippen LogP contribution in [0.2, 0.25) is 0 Å². The van der Waals surface area contributed by atoms with Gasteiger partial charge in [-0.25, -0.2) is 5.84 Å². The molecule has 0 bridgehead atoms. The summed E-state index contributed by atoms with van der Waals surface area (Å²) >= 11 is 0. The van der Waals surface area contributed by atoms with Crippen LogP contribution in [0, 0.1) is 20.2 Å². The van der Waals surface area contributed by atoms with E-state index in [1.165, 1.54) is 12.1 Å². The van der Waals surface area contributed by atoms with Crippen LogP contribution < -0.4 is 21.7 Å². The fraction of sp³-hybridized carbons (Fsp3) is 0.188. The summed E-state index contributed by atoms with van der Waals surface area (Å²) in [5.41, 5.74) is 0.0238. The van der Waals surface area contributed by atoms with Crippen LogP contribution in [-0.4, -0.2) is 22.3 Å². The summed E-state index contributed by atoms with van der Waals surface area (Å²) < 4.78 is 39.2. The molecule has 1 amide bonds. The number of hydrogen-bond donors (Lipinski definition) is 3. The Morgan fingerprint density at radius 1 is 1.07 bits per heavy atom. The van der Waals surface area contributed by atoms with Crippen molar-refractivity contribution in [3.8, 4) is 0 Å². The molecule has 0 saturated carbocycles. The molecule has 0 heterocycles. The standard InChI is InChI=1S/C16H15F3N6O5/c17-16(18,19)10-8-12(24(27)28)15(13(9-10)25(29)30)22-23(7-6-14(26)21-20)11-4-2-1-3-5-11/h1-5,8-9,22H,6-7,20H2,(H,21,26). The topological polar surface area (TPSA) is 157 Å². The SMILES string of the molecule is NNC(=O)CCN(Nc1c([N+](=O)[O-])cc(C(F)(F)F)cc1[N+](=O)[O-])c1ccccc1. The average Bonchev–Trinajstić information content (AvgIpc) is 2.69. The van der Waals surface area contributed by atoms with Gasteiger partial charge in [0.05, 0.1) is 21.1 Å². The van der Waals surface area contributed by atoms with Gasteiger partial charge in [0, 0.05) is 25.1 Å². The third-order valence-electron chi connectivity index (χ3n) is 3.86. The first-order valence-corrected chi connectivity index (χ1v) is 8.17. The largest absolute Gasteiger partial charge is 0.416 e. The predicted octanol–water partition coefficient (Wildman–Crippen LogP) is 2.74. The van der Waals surface area contributed by atoms with Crippen LogP contribution in [0.5, 0.6) is 0 Å². The van der Waals surface area contributed by atoms with Gasteiger partial charge in [-0.3, -0.25) is 40.9 Å². The Morgan fingerprint density at radius 2 is 1.60 bits per heavy atom. The lowest BCUT2D eigenvalue weighted by Gasteiger charge is -2.26. The molecule has 0 spiro atoms. The first-order chi connectivity index (χ1) is 14.0. The molecule has 2 rings (SSSR count). The maximum absolute atomic E-state index is 13.1. The van der Waals surface area contributed by atoms with Crippen LogP contribution in [0.25, 0.3) is 0 Å². The van der Waals surface area contributed by atoms with Crippen LogP contribution in [0.1, 0.15) is 12.0 Å². The Hall–Kier alpha value is -3.94. The van der Waals surface area contributed by atoms with Crippen molar-refractivity contribution in [3.05, 3.63) is 68.3 Å². The van der Waals surface area contributed by atoms with E-state index < -0.39 is 44.6 Å². The van der Waals surface area contributed by atoms with E-state index in [4.69, 9.17) is 5.84 Å². The lowest BCUT2D eigenvalue weighted by molar-refractivity contribution is -0.392. The molecule has 0 unspecified atom stereocenters. The number of para-hydroxylation sites is 1. The van der Waals surface area contributed by atoms with Crippen LogP contribution >= 0.6 is 0 Å². The summed E-state index contributed by atoms with van der Waals surface area (Å²) in [5, 5.41) is 23.9. The number of benzene rings is 2. The molecule has 0 saturated heterocycles. The molecule has 0 aliphatic rings. The van der Waals surface area contributed by atoms with Gasteiger partial charge in [-0.1, -0.05) is 18.2 Å². The zero-order valence-electron chi connectivity index (χ0n) is 15.0. The molecule has 0 fully saturated rings. The van der Waals surface area contributed by atoms with E-state index in [0.717, 1.165) is 5.01 Å². The molecule has 0 radical (unpaired) electrons.